The number of fused-ring (bicyclic) bond motifs is 1. The van der Waals surface area contributed by atoms with Gasteiger partial charge in [0.2, 0.25) is 0 Å². The minimum absolute atomic E-state index is 0.0208. The molecule has 2 rings (SSSR count). The van der Waals surface area contributed by atoms with Crippen LogP contribution in [0.1, 0.15) is 0 Å². The van der Waals surface area contributed by atoms with Gasteiger partial charge in [-0.2, -0.15) is 8.78 Å². The van der Waals surface area contributed by atoms with Crippen LogP contribution in [0.25, 0.3) is 0 Å². The molecule has 0 atom stereocenters. The molecule has 2 aliphatic rings. The topological polar surface area (TPSA) is 29.3 Å². The number of nitrogens with zero attached hydrogens (tertiary/aromatic N) is 1. The lowest BCUT2D eigenvalue weighted by atomic mass is 10.0. The van der Waals surface area contributed by atoms with Gasteiger partial charge in [-0.3, -0.25) is 0 Å². The summed E-state index contributed by atoms with van der Waals surface area (Å²) in [5, 5.41) is 1.31. The summed E-state index contributed by atoms with van der Waals surface area (Å²) in [6.45, 7) is 0.360. The van der Waals surface area contributed by atoms with E-state index < -0.39 is 5.92 Å². The number of alkyl halides is 2. The molecule has 1 aliphatic carbocycles. The third kappa shape index (κ3) is 0.881. The predicted octanol–water partition coefficient (Wildman–Crippen LogP) is 1.19. The van der Waals surface area contributed by atoms with E-state index in [1.165, 1.54) is 17.2 Å². The lowest BCUT2D eigenvalue weighted by molar-refractivity contribution is 0.0965. The van der Waals surface area contributed by atoms with E-state index >= 15 is 0 Å². The minimum Gasteiger partial charge on any atom is -0.307 e. The third-order valence-corrected chi connectivity index (χ3v) is 2.00. The van der Waals surface area contributed by atoms with E-state index in [0.29, 0.717) is 12.2 Å². The fourth-order valence-electron chi connectivity index (χ4n) is 1.39. The molecule has 0 spiro atoms. The third-order valence-electron chi connectivity index (χ3n) is 2.00. The first-order valence-corrected chi connectivity index (χ1v) is 3.62. The van der Waals surface area contributed by atoms with Crippen LogP contribution in [-0.4, -0.2) is 17.5 Å². The van der Waals surface area contributed by atoms with Crippen LogP contribution in [-0.2, 0) is 0 Å². The quantitative estimate of drug-likeness (QED) is 0.553. The summed E-state index contributed by atoms with van der Waals surface area (Å²) in [5.41, 5.74) is 0.440. The molecule has 0 amide bonds. The van der Waals surface area contributed by atoms with Crippen molar-refractivity contribution in [2.75, 3.05) is 6.54 Å². The van der Waals surface area contributed by atoms with E-state index in [9.17, 15) is 8.78 Å². The molecule has 4 heteroatoms. The first kappa shape index (κ1) is 7.49. The maximum absolute atomic E-state index is 13.1. The molecule has 2 N–H and O–H groups in total. The SMILES string of the molecule is NN1CC=C2C1=CC=CC2(F)F. The standard InChI is InChI=1S/C8H8F2N2/c9-8(10)4-1-2-7-6(8)3-5-12(7)11/h1-4H,5,11H2. The summed E-state index contributed by atoms with van der Waals surface area (Å²) >= 11 is 0. The highest BCUT2D eigenvalue weighted by molar-refractivity contribution is 5.47. The zero-order valence-corrected chi connectivity index (χ0v) is 6.30. The molecule has 0 aromatic heterocycles. The van der Waals surface area contributed by atoms with Gasteiger partial charge in [-0.15, -0.1) is 0 Å². The van der Waals surface area contributed by atoms with Crippen LogP contribution >= 0.6 is 0 Å². The van der Waals surface area contributed by atoms with Crippen molar-refractivity contribution < 1.29 is 8.78 Å². The summed E-state index contributed by atoms with van der Waals surface area (Å²) in [6.07, 6.45) is 5.25. The van der Waals surface area contributed by atoms with E-state index in [0.717, 1.165) is 6.08 Å². The first-order valence-electron chi connectivity index (χ1n) is 3.62. The lowest BCUT2D eigenvalue weighted by Crippen LogP contribution is -2.30. The number of halogens is 2. The van der Waals surface area contributed by atoms with Crippen molar-refractivity contribution in [2.45, 2.75) is 5.92 Å². The van der Waals surface area contributed by atoms with Gasteiger partial charge in [-0.05, 0) is 12.2 Å². The second kappa shape index (κ2) is 2.17. The Morgan fingerprint density at radius 2 is 2.25 bits per heavy atom. The van der Waals surface area contributed by atoms with E-state index in [1.54, 1.807) is 6.08 Å². The van der Waals surface area contributed by atoms with Crippen LogP contribution < -0.4 is 5.84 Å². The molecule has 0 fully saturated rings. The molecule has 0 aromatic rings. The van der Waals surface area contributed by atoms with Crippen LogP contribution in [0.3, 0.4) is 0 Å². The molecule has 0 radical (unpaired) electrons. The van der Waals surface area contributed by atoms with Gasteiger partial charge in [0, 0.05) is 5.57 Å². The molecule has 0 saturated heterocycles. The fourth-order valence-corrected chi connectivity index (χ4v) is 1.39. The van der Waals surface area contributed by atoms with E-state index in [-0.39, 0.29) is 5.57 Å². The Morgan fingerprint density at radius 1 is 1.50 bits per heavy atom. The zero-order chi connectivity index (χ0) is 8.77. The van der Waals surface area contributed by atoms with Gasteiger partial charge in [0.15, 0.2) is 0 Å². The molecule has 0 unspecified atom stereocenters. The van der Waals surface area contributed by atoms with Gasteiger partial charge in [-0.1, -0.05) is 12.2 Å². The maximum atomic E-state index is 13.1. The van der Waals surface area contributed by atoms with E-state index in [4.69, 9.17) is 5.84 Å². The van der Waals surface area contributed by atoms with Crippen LogP contribution in [0, 0.1) is 0 Å². The molecular formula is C8H8F2N2. The van der Waals surface area contributed by atoms with Gasteiger partial charge < -0.3 is 5.01 Å². The van der Waals surface area contributed by atoms with Crippen molar-refractivity contribution in [3.63, 3.8) is 0 Å². The number of hydrazine groups is 1. The maximum Gasteiger partial charge on any atom is 0.293 e. The summed E-state index contributed by atoms with van der Waals surface area (Å²) in [4.78, 5) is 0. The summed E-state index contributed by atoms with van der Waals surface area (Å²) < 4.78 is 26.1. The number of rotatable bonds is 0. The van der Waals surface area contributed by atoms with Crippen LogP contribution in [0.2, 0.25) is 0 Å². The van der Waals surface area contributed by atoms with Crippen molar-refractivity contribution >= 4 is 0 Å². The molecule has 12 heavy (non-hydrogen) atoms. The van der Waals surface area contributed by atoms with Crippen molar-refractivity contribution in [3.8, 4) is 0 Å². The molecule has 0 bridgehead atoms. The summed E-state index contributed by atoms with van der Waals surface area (Å²) in [6, 6.07) is 0. The monoisotopic (exact) mass is 170 g/mol. The van der Waals surface area contributed by atoms with Crippen molar-refractivity contribution in [2.24, 2.45) is 5.84 Å². The highest BCUT2D eigenvalue weighted by Gasteiger charge is 2.38. The molecule has 1 aliphatic heterocycles. The normalized spacial score (nSPS) is 25.1. The zero-order valence-electron chi connectivity index (χ0n) is 6.30. The van der Waals surface area contributed by atoms with Gasteiger partial charge in [0.1, 0.15) is 0 Å². The van der Waals surface area contributed by atoms with Gasteiger partial charge in [-0.25, -0.2) is 5.84 Å². The summed E-state index contributed by atoms with van der Waals surface area (Å²) in [7, 11) is 0. The van der Waals surface area contributed by atoms with Crippen molar-refractivity contribution in [1.29, 1.82) is 0 Å². The highest BCUT2D eigenvalue weighted by Crippen LogP contribution is 2.37. The smallest absolute Gasteiger partial charge is 0.293 e. The lowest BCUT2D eigenvalue weighted by Gasteiger charge is -2.21. The van der Waals surface area contributed by atoms with Gasteiger partial charge >= 0.3 is 0 Å². The van der Waals surface area contributed by atoms with E-state index in [1.807, 2.05) is 0 Å². The van der Waals surface area contributed by atoms with Crippen molar-refractivity contribution in [3.05, 3.63) is 35.6 Å². The first-order chi connectivity index (χ1) is 5.61. The molecule has 0 aromatic carbocycles. The fraction of sp³-hybridized carbons (Fsp3) is 0.250. The van der Waals surface area contributed by atoms with Gasteiger partial charge in [0.25, 0.3) is 5.92 Å². The number of nitrogens with two attached hydrogens (primary N) is 1. The average Bonchev–Trinajstić information content (AvgIpc) is 2.33. The molecule has 1 heterocycles. The van der Waals surface area contributed by atoms with E-state index in [2.05, 4.69) is 0 Å². The number of hydrogen-bond donors (Lipinski definition) is 1. The molecular weight excluding hydrogens is 162 g/mol. The second-order valence-electron chi connectivity index (χ2n) is 2.80. The van der Waals surface area contributed by atoms with Crippen LogP contribution in [0.5, 0.6) is 0 Å². The number of allylic oxidation sites excluding steroid dienone is 4. The molecule has 0 saturated carbocycles. The molecule has 64 valence electrons. The molecule has 2 nitrogen and oxygen atoms in total. The Hall–Kier alpha value is -1.16. The largest absolute Gasteiger partial charge is 0.307 e. The average molecular weight is 170 g/mol. The predicted molar refractivity (Wildman–Crippen MR) is 41.1 cm³/mol. The van der Waals surface area contributed by atoms with Gasteiger partial charge in [0.05, 0.1) is 12.2 Å². The Bertz CT molecular complexity index is 302. The Kier molecular flexibility index (Phi) is 1.35. The van der Waals surface area contributed by atoms with Crippen LogP contribution in [0.15, 0.2) is 35.6 Å². The van der Waals surface area contributed by atoms with Crippen molar-refractivity contribution in [1.82, 2.24) is 5.01 Å². The Morgan fingerprint density at radius 3 is 2.92 bits per heavy atom. The minimum atomic E-state index is -2.85. The Balaban J connectivity index is 2.45. The highest BCUT2D eigenvalue weighted by atomic mass is 19.3. The second-order valence-corrected chi connectivity index (χ2v) is 2.80. The Labute approximate surface area is 68.6 Å². The van der Waals surface area contributed by atoms with Crippen LogP contribution in [0.4, 0.5) is 8.78 Å². The number of hydrogen-bond acceptors (Lipinski definition) is 2. The summed E-state index contributed by atoms with van der Waals surface area (Å²) in [5.74, 6) is 2.61.